The summed E-state index contributed by atoms with van der Waals surface area (Å²) in [6, 6.07) is 19.2. The molecule has 3 aromatic carbocycles. The van der Waals surface area contributed by atoms with E-state index in [0.29, 0.717) is 0 Å². The zero-order valence-electron chi connectivity index (χ0n) is 25.2. The number of hydrogen-bond acceptors (Lipinski definition) is 6. The van der Waals surface area contributed by atoms with Crippen LogP contribution in [0.2, 0.25) is 0 Å². The molecule has 0 bridgehead atoms. The normalized spacial score (nSPS) is 15.2. The number of rotatable bonds is 3. The van der Waals surface area contributed by atoms with E-state index in [1.165, 1.54) is 0 Å². The molecule has 0 amide bonds. The molecule has 0 aliphatic carbocycles. The van der Waals surface area contributed by atoms with Gasteiger partial charge in [-0.2, -0.15) is 0 Å². The van der Waals surface area contributed by atoms with Gasteiger partial charge in [-0.05, 0) is 67.5 Å². The molecule has 0 spiro atoms. The highest BCUT2D eigenvalue weighted by atomic mass is 15.1. The first-order valence-electron chi connectivity index (χ1n) is 13.9. The second-order valence-corrected chi connectivity index (χ2v) is 14.1. The Hall–Kier alpha value is -2.87. The highest BCUT2D eigenvalue weighted by Gasteiger charge is 2.39. The van der Waals surface area contributed by atoms with Crippen LogP contribution in [0.5, 0.6) is 0 Å². The van der Waals surface area contributed by atoms with Crippen molar-refractivity contribution in [1.82, 2.24) is 15.4 Å². The molecule has 4 rings (SSSR count). The molecule has 1 saturated heterocycles. The van der Waals surface area contributed by atoms with E-state index in [9.17, 15) is 0 Å². The van der Waals surface area contributed by atoms with Crippen LogP contribution in [0, 0.1) is 0 Å². The fourth-order valence-electron chi connectivity index (χ4n) is 5.55. The Balaban J connectivity index is 1.74. The SMILES string of the molecule is CC(C)(C)c1ccc(B2NB(c3ccc(C(C)(C)C)c(N)c3)NB(c3ccc(C(C)(C)C)c(N)c3)N2)cc1N. The van der Waals surface area contributed by atoms with E-state index < -0.39 is 0 Å². The zero-order valence-corrected chi connectivity index (χ0v) is 25.2. The number of benzene rings is 3. The fraction of sp³-hybridized carbons (Fsp3) is 0.400. The van der Waals surface area contributed by atoms with Crippen molar-refractivity contribution in [1.29, 1.82) is 0 Å². The lowest BCUT2D eigenvalue weighted by molar-refractivity contribution is 0.592. The van der Waals surface area contributed by atoms with E-state index in [4.69, 9.17) is 17.2 Å². The molecule has 3 aromatic rings. The largest absolute Gasteiger partial charge is 0.399 e. The molecule has 0 aromatic heterocycles. The van der Waals surface area contributed by atoms with Gasteiger partial charge in [0.15, 0.2) is 0 Å². The molecule has 9 heteroatoms. The van der Waals surface area contributed by atoms with E-state index >= 15 is 0 Å². The van der Waals surface area contributed by atoms with Gasteiger partial charge >= 0.3 is 20.9 Å². The summed E-state index contributed by atoms with van der Waals surface area (Å²) in [5.41, 5.74) is 28.7. The van der Waals surface area contributed by atoms with Gasteiger partial charge in [-0.25, -0.2) is 0 Å². The Morgan fingerprint density at radius 2 is 0.667 bits per heavy atom. The van der Waals surface area contributed by atoms with Crippen molar-refractivity contribution in [3.05, 3.63) is 71.3 Å². The van der Waals surface area contributed by atoms with Crippen molar-refractivity contribution < 1.29 is 0 Å². The van der Waals surface area contributed by atoms with Gasteiger partial charge < -0.3 is 32.6 Å². The molecule has 39 heavy (non-hydrogen) atoms. The number of nitrogens with two attached hydrogens (primary N) is 3. The maximum atomic E-state index is 6.56. The van der Waals surface area contributed by atoms with Crippen molar-refractivity contribution in [2.45, 2.75) is 78.6 Å². The lowest BCUT2D eigenvalue weighted by Crippen LogP contribution is -2.83. The van der Waals surface area contributed by atoms with E-state index in [-0.39, 0.29) is 37.2 Å². The number of hydrogen-bond donors (Lipinski definition) is 6. The van der Waals surface area contributed by atoms with Gasteiger partial charge in [0.25, 0.3) is 0 Å². The molecule has 1 aliphatic heterocycles. The lowest BCUT2D eigenvalue weighted by atomic mass is 9.43. The van der Waals surface area contributed by atoms with Gasteiger partial charge in [0.1, 0.15) is 0 Å². The smallest absolute Gasteiger partial charge is 0.320 e. The van der Waals surface area contributed by atoms with Crippen LogP contribution in [0.15, 0.2) is 54.6 Å². The third kappa shape index (κ3) is 6.32. The van der Waals surface area contributed by atoms with Crippen molar-refractivity contribution >= 4 is 54.4 Å². The first kappa shape index (κ1) is 29.1. The first-order valence-corrected chi connectivity index (χ1v) is 13.9. The monoisotopic (exact) mass is 522 g/mol. The van der Waals surface area contributed by atoms with Gasteiger partial charge in [-0.15, -0.1) is 0 Å². The maximum Gasteiger partial charge on any atom is 0.320 e. The van der Waals surface area contributed by atoms with E-state index in [2.05, 4.69) is 132 Å². The topological polar surface area (TPSA) is 114 Å². The van der Waals surface area contributed by atoms with Gasteiger partial charge in [-0.3, -0.25) is 0 Å². The average molecular weight is 522 g/mol. The number of nitrogens with one attached hydrogen (secondary N) is 3. The van der Waals surface area contributed by atoms with E-state index in [1.807, 2.05) is 0 Å². The van der Waals surface area contributed by atoms with Crippen molar-refractivity contribution in [2.75, 3.05) is 17.2 Å². The van der Waals surface area contributed by atoms with Crippen LogP contribution in [0.4, 0.5) is 17.1 Å². The van der Waals surface area contributed by atoms with Crippen molar-refractivity contribution in [3.8, 4) is 0 Å². The standard InChI is InChI=1S/C30H45B3N6/c1-28(2,3)22-13-10-19(16-25(22)34)31-37-32(20-11-14-23(26(35)17-20)29(4,5)6)39-33(38-31)21-12-15-24(27(36)18-21)30(7,8)9/h10-18,37-39H,34-36H2,1-9H3. The van der Waals surface area contributed by atoms with Crippen molar-refractivity contribution in [2.24, 2.45) is 0 Å². The predicted octanol–water partition coefficient (Wildman–Crippen LogP) is 2.59. The molecular formula is C30H45B3N6. The molecule has 6 nitrogen and oxygen atoms in total. The molecule has 1 fully saturated rings. The van der Waals surface area contributed by atoms with Crippen molar-refractivity contribution in [3.63, 3.8) is 0 Å². The fourth-order valence-corrected chi connectivity index (χ4v) is 5.55. The third-order valence-corrected chi connectivity index (χ3v) is 7.65. The second-order valence-electron chi connectivity index (χ2n) is 14.1. The summed E-state index contributed by atoms with van der Waals surface area (Å²) in [6.07, 6.45) is 0. The Morgan fingerprint density at radius 1 is 0.436 bits per heavy atom. The summed E-state index contributed by atoms with van der Waals surface area (Å²) in [6.45, 7) is 19.2. The molecule has 9 N–H and O–H groups in total. The van der Waals surface area contributed by atoms with Crippen LogP contribution in [0.1, 0.15) is 79.0 Å². The predicted molar refractivity (Wildman–Crippen MR) is 174 cm³/mol. The van der Waals surface area contributed by atoms with Gasteiger partial charge in [0, 0.05) is 17.1 Å². The average Bonchev–Trinajstić information content (AvgIpc) is 2.81. The number of nitrogen functional groups attached to an aromatic ring is 3. The Labute approximate surface area is 236 Å². The van der Waals surface area contributed by atoms with Crippen LogP contribution in [0.25, 0.3) is 0 Å². The van der Waals surface area contributed by atoms with Gasteiger partial charge in [-0.1, -0.05) is 98.7 Å². The summed E-state index contributed by atoms with van der Waals surface area (Å²) in [4.78, 5) is 0. The van der Waals surface area contributed by atoms with Crippen LogP contribution in [0.3, 0.4) is 0 Å². The lowest BCUT2D eigenvalue weighted by Gasteiger charge is -2.35. The van der Waals surface area contributed by atoms with Crippen LogP contribution >= 0.6 is 0 Å². The Morgan fingerprint density at radius 3 is 0.846 bits per heavy atom. The summed E-state index contributed by atoms with van der Waals surface area (Å²) in [5, 5.41) is 11.2. The molecule has 0 radical (unpaired) electrons. The van der Waals surface area contributed by atoms with E-state index in [1.54, 1.807) is 0 Å². The van der Waals surface area contributed by atoms with Gasteiger partial charge in [0.05, 0.1) is 0 Å². The van der Waals surface area contributed by atoms with Gasteiger partial charge in [0.2, 0.25) is 0 Å². The molecule has 204 valence electrons. The maximum absolute atomic E-state index is 6.56. The van der Waals surface area contributed by atoms with E-state index in [0.717, 1.165) is 50.1 Å². The Kier molecular flexibility index (Phi) is 7.67. The molecule has 1 heterocycles. The molecule has 0 atom stereocenters. The zero-order chi connectivity index (χ0) is 28.9. The molecular weight excluding hydrogens is 477 g/mol. The highest BCUT2D eigenvalue weighted by Crippen LogP contribution is 2.28. The Bertz CT molecular complexity index is 1180. The quantitative estimate of drug-likeness (QED) is 0.233. The van der Waals surface area contributed by atoms with Crippen LogP contribution in [-0.2, 0) is 16.2 Å². The van der Waals surface area contributed by atoms with Crippen LogP contribution in [-0.4, -0.2) is 20.9 Å². The third-order valence-electron chi connectivity index (χ3n) is 7.65. The minimum absolute atomic E-state index is 0.0265. The number of anilines is 3. The summed E-state index contributed by atoms with van der Waals surface area (Å²) >= 11 is 0. The molecule has 1 aliphatic rings. The minimum Gasteiger partial charge on any atom is -0.399 e. The summed E-state index contributed by atoms with van der Waals surface area (Å²) in [5.74, 6) is 0. The molecule has 0 saturated carbocycles. The molecule has 0 unspecified atom stereocenters. The van der Waals surface area contributed by atoms with Crippen LogP contribution < -0.4 is 49.0 Å². The first-order chi connectivity index (χ1) is 17.9. The highest BCUT2D eigenvalue weighted by molar-refractivity contribution is 6.99. The summed E-state index contributed by atoms with van der Waals surface area (Å²) in [7, 11) is 0. The minimum atomic E-state index is -0.149. The second kappa shape index (κ2) is 10.3. The summed E-state index contributed by atoms with van der Waals surface area (Å²) < 4.78 is 0.